The highest BCUT2D eigenvalue weighted by Crippen LogP contribution is 2.15. The minimum absolute atomic E-state index is 0.116. The van der Waals surface area contributed by atoms with Gasteiger partial charge in [-0.05, 0) is 6.07 Å². The molecule has 2 aromatic heterocycles. The Labute approximate surface area is 108 Å². The van der Waals surface area contributed by atoms with E-state index < -0.39 is 21.7 Å². The lowest BCUT2D eigenvalue weighted by Crippen LogP contribution is -2.20. The first-order chi connectivity index (χ1) is 8.92. The van der Waals surface area contributed by atoms with Gasteiger partial charge in [0.15, 0.2) is 16.5 Å². The van der Waals surface area contributed by atoms with Gasteiger partial charge in [-0.1, -0.05) is 0 Å². The Balaban J connectivity index is 2.42. The Bertz CT molecular complexity index is 724. The first kappa shape index (κ1) is 13.0. The molecule has 10 heteroatoms. The van der Waals surface area contributed by atoms with E-state index in [2.05, 4.69) is 19.8 Å². The highest BCUT2D eigenvalue weighted by Gasteiger charge is 2.22. The zero-order valence-electron chi connectivity index (χ0n) is 9.68. The topological polar surface area (TPSA) is 127 Å². The van der Waals surface area contributed by atoms with E-state index in [1.807, 2.05) is 0 Å². The Morgan fingerprint density at radius 1 is 1.32 bits per heavy atom. The number of aromatic carboxylic acids is 1. The van der Waals surface area contributed by atoms with E-state index >= 15 is 0 Å². The maximum absolute atomic E-state index is 12.0. The molecule has 2 aromatic rings. The van der Waals surface area contributed by atoms with Crippen molar-refractivity contribution in [2.45, 2.75) is 5.03 Å². The van der Waals surface area contributed by atoms with Crippen LogP contribution in [0.1, 0.15) is 10.5 Å². The SMILES string of the molecule is Cn1nccc1S(=O)(=O)Nc1nccnc1C(=O)O. The summed E-state index contributed by atoms with van der Waals surface area (Å²) < 4.78 is 27.3. The fourth-order valence-electron chi connectivity index (χ4n) is 1.37. The summed E-state index contributed by atoms with van der Waals surface area (Å²) in [7, 11) is -2.52. The Morgan fingerprint density at radius 3 is 2.58 bits per heavy atom. The van der Waals surface area contributed by atoms with Crippen LogP contribution in [0.4, 0.5) is 5.82 Å². The minimum atomic E-state index is -3.97. The van der Waals surface area contributed by atoms with Crippen molar-refractivity contribution in [1.82, 2.24) is 19.7 Å². The standard InChI is InChI=1S/C9H9N5O4S/c1-14-6(2-3-12-14)19(17,18)13-8-7(9(15)16)10-4-5-11-8/h2-5H,1H3,(H,11,13)(H,15,16). The van der Waals surface area contributed by atoms with E-state index in [1.54, 1.807) is 0 Å². The predicted molar refractivity (Wildman–Crippen MR) is 63.0 cm³/mol. The number of nitrogens with one attached hydrogen (secondary N) is 1. The van der Waals surface area contributed by atoms with Crippen molar-refractivity contribution in [2.24, 2.45) is 7.05 Å². The molecule has 100 valence electrons. The summed E-state index contributed by atoms with van der Waals surface area (Å²) in [5.41, 5.74) is -0.478. The van der Waals surface area contributed by atoms with Gasteiger partial charge < -0.3 is 5.11 Å². The summed E-state index contributed by atoms with van der Waals surface area (Å²) in [6.45, 7) is 0. The summed E-state index contributed by atoms with van der Waals surface area (Å²) in [5, 5.41) is 12.5. The lowest BCUT2D eigenvalue weighted by atomic mass is 10.4. The van der Waals surface area contributed by atoms with Gasteiger partial charge in [-0.2, -0.15) is 13.5 Å². The number of nitrogens with zero attached hydrogens (tertiary/aromatic N) is 4. The third-order valence-electron chi connectivity index (χ3n) is 2.18. The molecule has 0 aliphatic carbocycles. The fourth-order valence-corrected chi connectivity index (χ4v) is 2.52. The molecule has 0 amide bonds. The van der Waals surface area contributed by atoms with Crippen LogP contribution in [0, 0.1) is 0 Å². The molecule has 0 spiro atoms. The normalized spacial score (nSPS) is 11.2. The highest BCUT2D eigenvalue weighted by atomic mass is 32.2. The highest BCUT2D eigenvalue weighted by molar-refractivity contribution is 7.92. The van der Waals surface area contributed by atoms with E-state index in [4.69, 9.17) is 5.11 Å². The van der Waals surface area contributed by atoms with Crippen LogP contribution in [0.3, 0.4) is 0 Å². The van der Waals surface area contributed by atoms with Crippen molar-refractivity contribution in [1.29, 1.82) is 0 Å². The zero-order valence-corrected chi connectivity index (χ0v) is 10.5. The summed E-state index contributed by atoms with van der Waals surface area (Å²) in [4.78, 5) is 18.1. The van der Waals surface area contributed by atoms with E-state index in [1.165, 1.54) is 25.5 Å². The van der Waals surface area contributed by atoms with Crippen molar-refractivity contribution < 1.29 is 18.3 Å². The Kier molecular flexibility index (Phi) is 3.17. The van der Waals surface area contributed by atoms with Gasteiger partial charge in [0, 0.05) is 19.4 Å². The maximum Gasteiger partial charge on any atom is 0.358 e. The molecule has 2 heterocycles. The quantitative estimate of drug-likeness (QED) is 0.789. The van der Waals surface area contributed by atoms with Crippen molar-refractivity contribution in [2.75, 3.05) is 4.72 Å². The Morgan fingerprint density at radius 2 is 2.00 bits per heavy atom. The summed E-state index contributed by atoms with van der Waals surface area (Å²) in [6.07, 6.45) is 3.65. The molecule has 19 heavy (non-hydrogen) atoms. The fraction of sp³-hybridized carbons (Fsp3) is 0.111. The van der Waals surface area contributed by atoms with Gasteiger partial charge in [0.2, 0.25) is 0 Å². The summed E-state index contributed by atoms with van der Waals surface area (Å²) in [5.74, 6) is -1.73. The number of hydrogen-bond donors (Lipinski definition) is 2. The van der Waals surface area contributed by atoms with Crippen LogP contribution in [0.25, 0.3) is 0 Å². The largest absolute Gasteiger partial charge is 0.476 e. The average Bonchev–Trinajstić information content (AvgIpc) is 2.76. The molecule has 2 N–H and O–H groups in total. The molecule has 0 radical (unpaired) electrons. The number of aromatic nitrogens is 4. The monoisotopic (exact) mass is 283 g/mol. The summed E-state index contributed by atoms with van der Waals surface area (Å²) >= 11 is 0. The number of sulfonamides is 1. The molecular formula is C9H9N5O4S. The zero-order chi connectivity index (χ0) is 14.0. The molecule has 0 bridgehead atoms. The molecule has 0 saturated carbocycles. The van der Waals surface area contributed by atoms with E-state index in [0.29, 0.717) is 0 Å². The Hall–Kier alpha value is -2.49. The van der Waals surface area contributed by atoms with Crippen LogP contribution in [0.5, 0.6) is 0 Å². The predicted octanol–water partition coefficient (Wildman–Crippen LogP) is -0.291. The number of rotatable bonds is 4. The third-order valence-corrected chi connectivity index (χ3v) is 3.60. The molecule has 2 rings (SSSR count). The van der Waals surface area contributed by atoms with Crippen molar-refractivity contribution in [3.8, 4) is 0 Å². The number of carboxylic acids is 1. The van der Waals surface area contributed by atoms with Crippen LogP contribution in [-0.4, -0.2) is 39.2 Å². The van der Waals surface area contributed by atoms with Crippen LogP contribution in [-0.2, 0) is 17.1 Å². The molecule has 0 aliphatic heterocycles. The molecule has 0 saturated heterocycles. The molecule has 9 nitrogen and oxygen atoms in total. The molecule has 0 aromatic carbocycles. The van der Waals surface area contributed by atoms with Crippen LogP contribution in [0.15, 0.2) is 29.7 Å². The van der Waals surface area contributed by atoms with E-state index in [-0.39, 0.29) is 10.8 Å². The van der Waals surface area contributed by atoms with Crippen molar-refractivity contribution in [3.05, 3.63) is 30.4 Å². The second-order valence-electron chi connectivity index (χ2n) is 3.46. The van der Waals surface area contributed by atoms with Gasteiger partial charge in [-0.15, -0.1) is 0 Å². The second-order valence-corrected chi connectivity index (χ2v) is 5.09. The van der Waals surface area contributed by atoms with E-state index in [0.717, 1.165) is 10.9 Å². The summed E-state index contributed by atoms with van der Waals surface area (Å²) in [6, 6.07) is 1.28. The van der Waals surface area contributed by atoms with Gasteiger partial charge in [-0.3, -0.25) is 9.40 Å². The van der Waals surface area contributed by atoms with Crippen molar-refractivity contribution >= 4 is 21.8 Å². The van der Waals surface area contributed by atoms with Gasteiger partial charge >= 0.3 is 5.97 Å². The van der Waals surface area contributed by atoms with Gasteiger partial charge in [0.05, 0.1) is 6.20 Å². The van der Waals surface area contributed by atoms with Crippen molar-refractivity contribution in [3.63, 3.8) is 0 Å². The van der Waals surface area contributed by atoms with Gasteiger partial charge in [0.1, 0.15) is 0 Å². The number of hydrogen-bond acceptors (Lipinski definition) is 6. The number of carboxylic acid groups (broad SMARTS) is 1. The number of aryl methyl sites for hydroxylation is 1. The third kappa shape index (κ3) is 2.52. The first-order valence-electron chi connectivity index (χ1n) is 4.97. The average molecular weight is 283 g/mol. The second kappa shape index (κ2) is 4.65. The number of anilines is 1. The lowest BCUT2D eigenvalue weighted by Gasteiger charge is -2.08. The first-order valence-corrected chi connectivity index (χ1v) is 6.45. The molecular weight excluding hydrogens is 274 g/mol. The van der Waals surface area contributed by atoms with Crippen LogP contribution < -0.4 is 4.72 Å². The molecule has 0 unspecified atom stereocenters. The molecule has 0 aliphatic rings. The minimum Gasteiger partial charge on any atom is -0.476 e. The van der Waals surface area contributed by atoms with Gasteiger partial charge in [-0.25, -0.2) is 14.8 Å². The lowest BCUT2D eigenvalue weighted by molar-refractivity contribution is 0.0691. The van der Waals surface area contributed by atoms with Crippen LogP contribution >= 0.6 is 0 Å². The maximum atomic E-state index is 12.0. The van der Waals surface area contributed by atoms with Crippen LogP contribution in [0.2, 0.25) is 0 Å². The molecule has 0 fully saturated rings. The van der Waals surface area contributed by atoms with E-state index in [9.17, 15) is 13.2 Å². The van der Waals surface area contributed by atoms with Gasteiger partial charge in [0.25, 0.3) is 10.0 Å². The molecule has 0 atom stereocenters. The smallest absolute Gasteiger partial charge is 0.358 e. The number of carbonyl (C=O) groups is 1.